The molecule has 0 unspecified atom stereocenters. The summed E-state index contributed by atoms with van der Waals surface area (Å²) in [6, 6.07) is 0. The van der Waals surface area contributed by atoms with Gasteiger partial charge in [0, 0.05) is 12.8 Å². The molecule has 6 atom stereocenters. The lowest BCUT2D eigenvalue weighted by molar-refractivity contribution is -0.185. The molecule has 2 nitrogen and oxygen atoms in total. The van der Waals surface area contributed by atoms with Crippen molar-refractivity contribution in [2.45, 2.75) is 84.3 Å². The summed E-state index contributed by atoms with van der Waals surface area (Å²) in [6.45, 7) is 9.23. The Bertz CT molecular complexity index is 575. The van der Waals surface area contributed by atoms with Crippen LogP contribution in [-0.2, 0) is 9.47 Å². The second kappa shape index (κ2) is 5.58. The molecule has 5 aliphatic rings. The van der Waals surface area contributed by atoms with Crippen molar-refractivity contribution in [1.82, 2.24) is 0 Å². The van der Waals surface area contributed by atoms with E-state index in [4.69, 9.17) is 9.47 Å². The smallest absolute Gasteiger partial charge is 0.172 e. The number of fused-ring (bicyclic) bond motifs is 5. The van der Waals surface area contributed by atoms with Crippen LogP contribution in [0.3, 0.4) is 0 Å². The average molecular weight is 345 g/mol. The molecule has 1 aliphatic heterocycles. The van der Waals surface area contributed by atoms with Crippen LogP contribution in [0.1, 0.15) is 78.6 Å². The SMILES string of the molecule is CC[C@H]1CC[C@H]2[C@@H]3CC=C4CC5(CC[C@]4(C)[C@H]3CC[C@]12C)OCCO5. The molecule has 0 N–H and O–H groups in total. The third-order valence-corrected chi connectivity index (χ3v) is 9.61. The molecule has 1 heterocycles. The van der Waals surface area contributed by atoms with Gasteiger partial charge in [-0.05, 0) is 73.0 Å². The van der Waals surface area contributed by atoms with Crippen molar-refractivity contribution in [3.05, 3.63) is 11.6 Å². The highest BCUT2D eigenvalue weighted by Gasteiger charge is 2.59. The standard InChI is InChI=1S/C23H36O2/c1-4-16-6-8-19-18-7-5-17-15-23(24-13-14-25-23)12-11-22(17,3)20(18)9-10-21(16,19)2/h5,16,18-20H,4,6-15H2,1-3H3/t16-,18-,19-,20-,21+,22-/m0/s1. The van der Waals surface area contributed by atoms with Crippen LogP contribution in [0.5, 0.6) is 0 Å². The molecular weight excluding hydrogens is 308 g/mol. The molecule has 1 spiro atoms. The Kier molecular flexibility index (Phi) is 3.75. The lowest BCUT2D eigenvalue weighted by atomic mass is 9.47. The van der Waals surface area contributed by atoms with Crippen LogP contribution < -0.4 is 0 Å². The second-order valence-corrected chi connectivity index (χ2v) is 10.3. The maximum absolute atomic E-state index is 6.06. The van der Waals surface area contributed by atoms with Crippen LogP contribution in [0.4, 0.5) is 0 Å². The van der Waals surface area contributed by atoms with E-state index in [1.165, 1.54) is 44.9 Å². The fourth-order valence-corrected chi connectivity index (χ4v) is 8.13. The van der Waals surface area contributed by atoms with Gasteiger partial charge in [-0.3, -0.25) is 0 Å². The Morgan fingerprint density at radius 3 is 2.56 bits per heavy atom. The third-order valence-electron chi connectivity index (χ3n) is 9.61. The Morgan fingerprint density at radius 2 is 1.80 bits per heavy atom. The summed E-state index contributed by atoms with van der Waals surface area (Å²) >= 11 is 0. The first-order valence-electron chi connectivity index (χ1n) is 11.0. The number of ether oxygens (including phenoxy) is 2. The number of allylic oxidation sites excluding steroid dienone is 1. The minimum atomic E-state index is -0.262. The van der Waals surface area contributed by atoms with Crippen LogP contribution in [-0.4, -0.2) is 19.0 Å². The number of hydrogen-bond donors (Lipinski definition) is 0. The lowest BCUT2D eigenvalue weighted by Crippen LogP contribution is -2.52. The van der Waals surface area contributed by atoms with Crippen molar-refractivity contribution >= 4 is 0 Å². The summed E-state index contributed by atoms with van der Waals surface area (Å²) in [4.78, 5) is 0. The molecular formula is C23H36O2. The van der Waals surface area contributed by atoms with Crippen LogP contribution in [0.25, 0.3) is 0 Å². The zero-order chi connectivity index (χ0) is 17.3. The predicted molar refractivity (Wildman–Crippen MR) is 100 cm³/mol. The highest BCUT2D eigenvalue weighted by Crippen LogP contribution is 2.67. The maximum atomic E-state index is 6.06. The van der Waals surface area contributed by atoms with Gasteiger partial charge in [0.1, 0.15) is 0 Å². The maximum Gasteiger partial charge on any atom is 0.172 e. The summed E-state index contributed by atoms with van der Waals surface area (Å²) < 4.78 is 12.1. The van der Waals surface area contributed by atoms with Gasteiger partial charge in [0.25, 0.3) is 0 Å². The Hall–Kier alpha value is -0.340. The number of rotatable bonds is 1. The minimum Gasteiger partial charge on any atom is -0.347 e. The summed E-state index contributed by atoms with van der Waals surface area (Å²) in [5, 5.41) is 0. The van der Waals surface area contributed by atoms with E-state index in [2.05, 4.69) is 26.8 Å². The van der Waals surface area contributed by atoms with Crippen molar-refractivity contribution in [2.75, 3.05) is 13.2 Å². The predicted octanol–water partition coefficient (Wildman–Crippen LogP) is 5.72. The molecule has 25 heavy (non-hydrogen) atoms. The highest BCUT2D eigenvalue weighted by atomic mass is 16.7. The summed E-state index contributed by atoms with van der Waals surface area (Å²) in [7, 11) is 0. The van der Waals surface area contributed by atoms with E-state index >= 15 is 0 Å². The van der Waals surface area contributed by atoms with Gasteiger partial charge in [-0.2, -0.15) is 0 Å². The zero-order valence-corrected chi connectivity index (χ0v) is 16.5. The van der Waals surface area contributed by atoms with Gasteiger partial charge >= 0.3 is 0 Å². The van der Waals surface area contributed by atoms with E-state index in [0.717, 1.165) is 49.7 Å². The van der Waals surface area contributed by atoms with Gasteiger partial charge in [-0.1, -0.05) is 38.8 Å². The fraction of sp³-hybridized carbons (Fsp3) is 0.913. The van der Waals surface area contributed by atoms with Gasteiger partial charge in [-0.15, -0.1) is 0 Å². The van der Waals surface area contributed by atoms with E-state index < -0.39 is 0 Å². The summed E-state index contributed by atoms with van der Waals surface area (Å²) in [5.74, 6) is 3.53. The first-order valence-corrected chi connectivity index (χ1v) is 11.0. The molecule has 2 heteroatoms. The molecule has 0 aromatic heterocycles. The average Bonchev–Trinajstić information content (AvgIpc) is 3.19. The van der Waals surface area contributed by atoms with Crippen molar-refractivity contribution in [3.8, 4) is 0 Å². The van der Waals surface area contributed by atoms with Crippen LogP contribution in [0, 0.1) is 34.5 Å². The number of hydrogen-bond acceptors (Lipinski definition) is 2. The summed E-state index contributed by atoms with van der Waals surface area (Å²) in [5.41, 5.74) is 2.72. The van der Waals surface area contributed by atoms with Crippen molar-refractivity contribution < 1.29 is 9.47 Å². The van der Waals surface area contributed by atoms with Gasteiger partial charge in [0.05, 0.1) is 13.2 Å². The molecule has 1 saturated heterocycles. The molecule has 4 aliphatic carbocycles. The Balaban J connectivity index is 1.44. The van der Waals surface area contributed by atoms with Crippen molar-refractivity contribution in [3.63, 3.8) is 0 Å². The van der Waals surface area contributed by atoms with Crippen molar-refractivity contribution in [2.24, 2.45) is 34.5 Å². The van der Waals surface area contributed by atoms with Gasteiger partial charge in [0.2, 0.25) is 0 Å². The molecule has 0 radical (unpaired) electrons. The van der Waals surface area contributed by atoms with E-state index in [0.29, 0.717) is 10.8 Å². The molecule has 5 rings (SSSR count). The molecule has 0 bridgehead atoms. The molecule has 140 valence electrons. The first-order chi connectivity index (χ1) is 12.0. The Morgan fingerprint density at radius 1 is 1.00 bits per heavy atom. The highest BCUT2D eigenvalue weighted by molar-refractivity contribution is 5.26. The van der Waals surface area contributed by atoms with Gasteiger partial charge in [-0.25, -0.2) is 0 Å². The lowest BCUT2D eigenvalue weighted by Gasteiger charge is -2.59. The zero-order valence-electron chi connectivity index (χ0n) is 16.5. The normalized spacial score (nSPS) is 50.9. The molecule has 0 amide bonds. The van der Waals surface area contributed by atoms with Crippen LogP contribution in [0.15, 0.2) is 11.6 Å². The fourth-order valence-electron chi connectivity index (χ4n) is 8.13. The molecule has 4 fully saturated rings. The first kappa shape index (κ1) is 16.8. The Labute approximate surface area is 153 Å². The molecule has 0 aromatic carbocycles. The topological polar surface area (TPSA) is 18.5 Å². The summed E-state index contributed by atoms with van der Waals surface area (Å²) in [6.07, 6.45) is 14.6. The van der Waals surface area contributed by atoms with Crippen molar-refractivity contribution in [1.29, 1.82) is 0 Å². The van der Waals surface area contributed by atoms with Gasteiger partial charge < -0.3 is 9.47 Å². The monoisotopic (exact) mass is 344 g/mol. The van der Waals surface area contributed by atoms with Crippen LogP contribution >= 0.6 is 0 Å². The van der Waals surface area contributed by atoms with E-state index in [1.807, 2.05) is 0 Å². The molecule has 0 aromatic rings. The van der Waals surface area contributed by atoms with E-state index in [9.17, 15) is 0 Å². The van der Waals surface area contributed by atoms with E-state index in [1.54, 1.807) is 5.57 Å². The second-order valence-electron chi connectivity index (χ2n) is 10.3. The largest absolute Gasteiger partial charge is 0.347 e. The molecule has 3 saturated carbocycles. The quantitative estimate of drug-likeness (QED) is 0.567. The van der Waals surface area contributed by atoms with Crippen LogP contribution in [0.2, 0.25) is 0 Å². The third kappa shape index (κ3) is 2.22. The van der Waals surface area contributed by atoms with E-state index in [-0.39, 0.29) is 5.79 Å². The van der Waals surface area contributed by atoms with Gasteiger partial charge in [0.15, 0.2) is 5.79 Å². The minimum absolute atomic E-state index is 0.262.